The van der Waals surface area contributed by atoms with Gasteiger partial charge in [0, 0.05) is 10.7 Å². The maximum absolute atomic E-state index is 6.19. The second-order valence-electron chi connectivity index (χ2n) is 5.08. The van der Waals surface area contributed by atoms with Gasteiger partial charge in [-0.3, -0.25) is 0 Å². The Morgan fingerprint density at radius 1 is 0.773 bits per heavy atom. The second-order valence-corrected chi connectivity index (χ2v) is 5.49. The zero-order valence-corrected chi connectivity index (χ0v) is 12.8. The lowest BCUT2D eigenvalue weighted by Gasteiger charge is -2.08. The number of hydrogen-bond acceptors (Lipinski definition) is 2. The summed E-state index contributed by atoms with van der Waals surface area (Å²) in [6, 6.07) is 23.3. The summed E-state index contributed by atoms with van der Waals surface area (Å²) < 4.78 is 5.78. The molecule has 0 atom stereocenters. The molecule has 0 aliphatic heterocycles. The van der Waals surface area contributed by atoms with Crippen LogP contribution in [0.5, 0.6) is 11.5 Å². The van der Waals surface area contributed by atoms with E-state index in [1.54, 1.807) is 0 Å². The van der Waals surface area contributed by atoms with Crippen LogP contribution in [0.4, 0.5) is 5.69 Å². The van der Waals surface area contributed by atoms with Gasteiger partial charge < -0.3 is 10.5 Å². The largest absolute Gasteiger partial charge is 0.457 e. The summed E-state index contributed by atoms with van der Waals surface area (Å²) in [4.78, 5) is 0. The number of nitrogens with two attached hydrogens (primary N) is 1. The summed E-state index contributed by atoms with van der Waals surface area (Å²) in [5, 5.41) is 0.796. The summed E-state index contributed by atoms with van der Waals surface area (Å²) in [6.07, 6.45) is 0.807. The van der Waals surface area contributed by atoms with Crippen molar-refractivity contribution in [3.8, 4) is 11.5 Å². The molecular weight excluding hydrogens is 294 g/mol. The number of anilines is 1. The molecule has 0 fully saturated rings. The van der Waals surface area contributed by atoms with Crippen LogP contribution in [0.25, 0.3) is 0 Å². The van der Waals surface area contributed by atoms with E-state index in [2.05, 4.69) is 12.1 Å². The van der Waals surface area contributed by atoms with Gasteiger partial charge in [-0.05, 0) is 60.0 Å². The van der Waals surface area contributed by atoms with E-state index in [-0.39, 0.29) is 0 Å². The van der Waals surface area contributed by atoms with Crippen molar-refractivity contribution in [1.29, 1.82) is 0 Å². The van der Waals surface area contributed by atoms with Gasteiger partial charge in [0.05, 0.1) is 0 Å². The van der Waals surface area contributed by atoms with Crippen LogP contribution < -0.4 is 10.5 Å². The normalized spacial score (nSPS) is 10.4. The molecule has 0 spiro atoms. The van der Waals surface area contributed by atoms with Crippen LogP contribution in [0, 0.1) is 0 Å². The Hall–Kier alpha value is -2.45. The summed E-state index contributed by atoms with van der Waals surface area (Å²) >= 11 is 6.19. The minimum absolute atomic E-state index is 0.724. The SMILES string of the molecule is Nc1ccc(Oc2ccc(Cc3ccccc3Cl)cc2)cc1. The Balaban J connectivity index is 1.70. The standard InChI is InChI=1S/C19H16ClNO/c20-19-4-2-1-3-15(19)13-14-5-9-17(10-6-14)22-18-11-7-16(21)8-12-18/h1-12H,13,21H2. The molecule has 0 aromatic heterocycles. The van der Waals surface area contributed by atoms with Gasteiger partial charge in [0.25, 0.3) is 0 Å². The van der Waals surface area contributed by atoms with E-state index < -0.39 is 0 Å². The third kappa shape index (κ3) is 3.60. The quantitative estimate of drug-likeness (QED) is 0.663. The molecule has 0 heterocycles. The van der Waals surface area contributed by atoms with E-state index in [1.807, 2.05) is 60.7 Å². The first-order chi connectivity index (χ1) is 10.7. The molecule has 0 aliphatic rings. The highest BCUT2D eigenvalue weighted by Gasteiger charge is 2.02. The second kappa shape index (κ2) is 6.54. The Morgan fingerprint density at radius 2 is 1.36 bits per heavy atom. The molecule has 22 heavy (non-hydrogen) atoms. The molecular formula is C19H16ClNO. The molecule has 3 aromatic carbocycles. The zero-order chi connectivity index (χ0) is 15.4. The minimum atomic E-state index is 0.724. The molecule has 0 unspecified atom stereocenters. The molecule has 2 nitrogen and oxygen atoms in total. The molecule has 0 amide bonds. The number of hydrogen-bond donors (Lipinski definition) is 1. The highest BCUT2D eigenvalue weighted by atomic mass is 35.5. The van der Waals surface area contributed by atoms with Gasteiger partial charge in [0.15, 0.2) is 0 Å². The molecule has 3 heteroatoms. The maximum atomic E-state index is 6.19. The first-order valence-corrected chi connectivity index (χ1v) is 7.44. The maximum Gasteiger partial charge on any atom is 0.127 e. The number of halogens is 1. The van der Waals surface area contributed by atoms with Crippen LogP contribution >= 0.6 is 11.6 Å². The van der Waals surface area contributed by atoms with Crippen LogP contribution in [0.1, 0.15) is 11.1 Å². The Bertz CT molecular complexity index is 751. The highest BCUT2D eigenvalue weighted by Crippen LogP contribution is 2.24. The molecule has 0 aliphatic carbocycles. The van der Waals surface area contributed by atoms with Crippen LogP contribution in [0.2, 0.25) is 5.02 Å². The number of ether oxygens (including phenoxy) is 1. The molecule has 0 saturated heterocycles. The summed E-state index contributed by atoms with van der Waals surface area (Å²) in [5.41, 5.74) is 8.70. The van der Waals surface area contributed by atoms with Crippen LogP contribution in [0.15, 0.2) is 72.8 Å². The fraction of sp³-hybridized carbons (Fsp3) is 0.0526. The van der Waals surface area contributed by atoms with E-state index in [1.165, 1.54) is 5.56 Å². The van der Waals surface area contributed by atoms with E-state index in [9.17, 15) is 0 Å². The van der Waals surface area contributed by atoms with Gasteiger partial charge in [-0.1, -0.05) is 41.9 Å². The van der Waals surface area contributed by atoms with Crippen molar-refractivity contribution in [1.82, 2.24) is 0 Å². The van der Waals surface area contributed by atoms with E-state index >= 15 is 0 Å². The Morgan fingerprint density at radius 3 is 2.00 bits per heavy atom. The Labute approximate surface area is 135 Å². The third-order valence-corrected chi connectivity index (χ3v) is 3.76. The van der Waals surface area contributed by atoms with Gasteiger partial charge in [0.1, 0.15) is 11.5 Å². The molecule has 0 radical (unpaired) electrons. The lowest BCUT2D eigenvalue weighted by atomic mass is 10.1. The molecule has 0 saturated carbocycles. The minimum Gasteiger partial charge on any atom is -0.457 e. The predicted molar refractivity (Wildman–Crippen MR) is 91.6 cm³/mol. The lowest BCUT2D eigenvalue weighted by molar-refractivity contribution is 0.482. The van der Waals surface area contributed by atoms with Crippen LogP contribution in [-0.2, 0) is 6.42 Å². The van der Waals surface area contributed by atoms with Crippen LogP contribution in [-0.4, -0.2) is 0 Å². The summed E-state index contributed by atoms with van der Waals surface area (Å²) in [7, 11) is 0. The van der Waals surface area contributed by atoms with Gasteiger partial charge in [-0.2, -0.15) is 0 Å². The zero-order valence-electron chi connectivity index (χ0n) is 12.0. The lowest BCUT2D eigenvalue weighted by Crippen LogP contribution is -1.90. The molecule has 0 bridgehead atoms. The van der Waals surface area contributed by atoms with E-state index in [4.69, 9.17) is 22.1 Å². The molecule has 3 rings (SSSR count). The predicted octanol–water partition coefficient (Wildman–Crippen LogP) is 5.31. The van der Waals surface area contributed by atoms with Gasteiger partial charge in [0.2, 0.25) is 0 Å². The fourth-order valence-electron chi connectivity index (χ4n) is 2.21. The average molecular weight is 310 g/mol. The van der Waals surface area contributed by atoms with Gasteiger partial charge in [-0.15, -0.1) is 0 Å². The number of nitrogen functional groups attached to an aromatic ring is 1. The fourth-order valence-corrected chi connectivity index (χ4v) is 2.41. The number of rotatable bonds is 4. The van der Waals surface area contributed by atoms with Crippen molar-refractivity contribution in [3.63, 3.8) is 0 Å². The monoisotopic (exact) mass is 309 g/mol. The van der Waals surface area contributed by atoms with E-state index in [0.29, 0.717) is 0 Å². The highest BCUT2D eigenvalue weighted by molar-refractivity contribution is 6.31. The van der Waals surface area contributed by atoms with Crippen molar-refractivity contribution in [3.05, 3.63) is 88.9 Å². The van der Waals surface area contributed by atoms with Crippen molar-refractivity contribution < 1.29 is 4.74 Å². The first-order valence-electron chi connectivity index (χ1n) is 7.06. The smallest absolute Gasteiger partial charge is 0.127 e. The van der Waals surface area contributed by atoms with Crippen LogP contribution in [0.3, 0.4) is 0 Å². The number of benzene rings is 3. The Kier molecular flexibility index (Phi) is 4.31. The van der Waals surface area contributed by atoms with Crippen molar-refractivity contribution >= 4 is 17.3 Å². The third-order valence-electron chi connectivity index (χ3n) is 3.39. The molecule has 110 valence electrons. The van der Waals surface area contributed by atoms with Gasteiger partial charge in [-0.25, -0.2) is 0 Å². The average Bonchev–Trinajstić information content (AvgIpc) is 2.54. The summed E-state index contributed by atoms with van der Waals surface area (Å²) in [5.74, 6) is 1.57. The topological polar surface area (TPSA) is 35.2 Å². The van der Waals surface area contributed by atoms with Crippen molar-refractivity contribution in [2.24, 2.45) is 0 Å². The van der Waals surface area contributed by atoms with E-state index in [0.717, 1.165) is 34.2 Å². The molecule has 3 aromatic rings. The summed E-state index contributed by atoms with van der Waals surface area (Å²) in [6.45, 7) is 0. The molecule has 2 N–H and O–H groups in total. The van der Waals surface area contributed by atoms with Gasteiger partial charge >= 0.3 is 0 Å². The van der Waals surface area contributed by atoms with Crippen molar-refractivity contribution in [2.45, 2.75) is 6.42 Å². The van der Waals surface area contributed by atoms with Crippen molar-refractivity contribution in [2.75, 3.05) is 5.73 Å². The first kappa shape index (κ1) is 14.5.